The zero-order valence-electron chi connectivity index (χ0n) is 18.0. The third-order valence-electron chi connectivity index (χ3n) is 6.63. The minimum Gasteiger partial charge on any atom is -0.381 e. The molecule has 2 aliphatic rings. The van der Waals surface area contributed by atoms with Gasteiger partial charge in [-0.3, -0.25) is 9.13 Å². The molecule has 0 unspecified atom stereocenters. The van der Waals surface area contributed by atoms with Crippen LogP contribution >= 0.6 is 0 Å². The van der Waals surface area contributed by atoms with Crippen LogP contribution < -0.4 is 11.0 Å². The summed E-state index contributed by atoms with van der Waals surface area (Å²) in [5.41, 5.74) is 2.87. The van der Waals surface area contributed by atoms with Gasteiger partial charge in [-0.15, -0.1) is 0 Å². The maximum atomic E-state index is 13.3. The summed E-state index contributed by atoms with van der Waals surface area (Å²) in [7, 11) is 0. The van der Waals surface area contributed by atoms with E-state index in [0.717, 1.165) is 73.2 Å². The summed E-state index contributed by atoms with van der Waals surface area (Å²) < 4.78 is 9.25. The summed E-state index contributed by atoms with van der Waals surface area (Å²) in [6, 6.07) is 16.4. The fourth-order valence-electron chi connectivity index (χ4n) is 4.73. The Hall–Kier alpha value is -3.19. The van der Waals surface area contributed by atoms with Crippen molar-refractivity contribution in [3.05, 3.63) is 64.8 Å². The smallest absolute Gasteiger partial charge is 0.329 e. The summed E-state index contributed by atoms with van der Waals surface area (Å²) in [5, 5.41) is 4.58. The highest BCUT2D eigenvalue weighted by Gasteiger charge is 2.29. The maximum absolute atomic E-state index is 13.3. The Morgan fingerprint density at radius 1 is 0.938 bits per heavy atom. The summed E-state index contributed by atoms with van der Waals surface area (Å²) in [6.45, 7) is 2.88. The van der Waals surface area contributed by atoms with Crippen LogP contribution in [0.4, 0.5) is 5.82 Å². The normalized spacial score (nSPS) is 17.2. The fraction of sp³-hybridized carbons (Fsp3) is 0.400. The molecule has 4 aromatic rings. The van der Waals surface area contributed by atoms with Gasteiger partial charge in [-0.05, 0) is 55.9 Å². The second-order valence-corrected chi connectivity index (χ2v) is 8.90. The number of nitrogens with one attached hydrogen (secondary N) is 1. The molecule has 7 heteroatoms. The van der Waals surface area contributed by atoms with Crippen molar-refractivity contribution in [2.75, 3.05) is 25.1 Å². The molecular weight excluding hydrogens is 402 g/mol. The number of nitrogens with zero attached hydrogens (tertiary/aromatic N) is 4. The Balaban J connectivity index is 1.37. The Kier molecular flexibility index (Phi) is 4.91. The van der Waals surface area contributed by atoms with Crippen LogP contribution in [0.2, 0.25) is 0 Å². The van der Waals surface area contributed by atoms with Crippen LogP contribution in [0.5, 0.6) is 0 Å². The summed E-state index contributed by atoms with van der Waals surface area (Å²) in [6.07, 6.45) is 4.28. The number of anilines is 1. The number of para-hydroxylation sites is 3. The van der Waals surface area contributed by atoms with Crippen molar-refractivity contribution in [1.29, 1.82) is 0 Å². The molecule has 6 rings (SSSR count). The first-order valence-corrected chi connectivity index (χ1v) is 11.5. The van der Waals surface area contributed by atoms with E-state index in [9.17, 15) is 4.79 Å². The second kappa shape index (κ2) is 8.06. The van der Waals surface area contributed by atoms with Gasteiger partial charge in [-0.2, -0.15) is 0 Å². The third-order valence-corrected chi connectivity index (χ3v) is 6.63. The number of hydrogen-bond acceptors (Lipinski definition) is 5. The van der Waals surface area contributed by atoms with E-state index < -0.39 is 0 Å². The molecule has 164 valence electrons. The Bertz CT molecular complexity index is 1330. The second-order valence-electron chi connectivity index (χ2n) is 8.90. The van der Waals surface area contributed by atoms with Gasteiger partial charge in [0.25, 0.3) is 0 Å². The van der Waals surface area contributed by atoms with E-state index in [1.165, 1.54) is 0 Å². The Morgan fingerprint density at radius 3 is 2.50 bits per heavy atom. The van der Waals surface area contributed by atoms with Crippen molar-refractivity contribution in [3.8, 4) is 0 Å². The maximum Gasteiger partial charge on any atom is 0.329 e. The Morgan fingerprint density at radius 2 is 1.69 bits per heavy atom. The molecule has 0 radical (unpaired) electrons. The molecule has 1 aliphatic heterocycles. The highest BCUT2D eigenvalue weighted by atomic mass is 16.5. The minimum atomic E-state index is 0.0298. The zero-order valence-corrected chi connectivity index (χ0v) is 18.0. The first-order valence-electron chi connectivity index (χ1n) is 11.5. The fourth-order valence-corrected chi connectivity index (χ4v) is 4.73. The average Bonchev–Trinajstić information content (AvgIpc) is 3.63. The minimum absolute atomic E-state index is 0.0298. The molecule has 2 aromatic carbocycles. The monoisotopic (exact) mass is 429 g/mol. The number of rotatable bonds is 6. The quantitative estimate of drug-likeness (QED) is 0.502. The topological polar surface area (TPSA) is 74.0 Å². The molecule has 0 bridgehead atoms. The lowest BCUT2D eigenvalue weighted by atomic mass is 10.0. The summed E-state index contributed by atoms with van der Waals surface area (Å²) >= 11 is 0. The van der Waals surface area contributed by atoms with Crippen molar-refractivity contribution in [2.24, 2.45) is 5.92 Å². The van der Waals surface area contributed by atoms with Crippen molar-refractivity contribution >= 4 is 27.8 Å². The number of ether oxygens (including phenoxy) is 1. The lowest BCUT2D eigenvalue weighted by Crippen LogP contribution is -2.25. The highest BCUT2D eigenvalue weighted by molar-refractivity contribution is 5.89. The molecule has 0 amide bonds. The van der Waals surface area contributed by atoms with Gasteiger partial charge in [0.2, 0.25) is 0 Å². The van der Waals surface area contributed by atoms with Crippen molar-refractivity contribution < 1.29 is 4.74 Å². The van der Waals surface area contributed by atoms with Crippen molar-refractivity contribution in [2.45, 2.75) is 38.3 Å². The van der Waals surface area contributed by atoms with E-state index in [0.29, 0.717) is 24.3 Å². The standard InChI is InChI=1S/C25H27N5O2/c31-25-29(21-7-3-4-8-22(21)30(25)18-9-10-18)16-23-27-20-6-2-1-5-19(20)24(28-23)26-15-17-11-13-32-14-12-17/h1-8,17-18H,9-16H2,(H,26,27,28). The molecule has 0 atom stereocenters. The third kappa shape index (κ3) is 3.56. The van der Waals surface area contributed by atoms with E-state index in [1.54, 1.807) is 0 Å². The van der Waals surface area contributed by atoms with Crippen LogP contribution in [-0.2, 0) is 11.3 Å². The van der Waals surface area contributed by atoms with Gasteiger partial charge in [0.05, 0.1) is 23.1 Å². The van der Waals surface area contributed by atoms with Crippen LogP contribution in [0.3, 0.4) is 0 Å². The van der Waals surface area contributed by atoms with E-state index in [2.05, 4.69) is 11.4 Å². The van der Waals surface area contributed by atoms with E-state index in [1.807, 2.05) is 51.6 Å². The predicted octanol–water partition coefficient (Wildman–Crippen LogP) is 3.97. The van der Waals surface area contributed by atoms with E-state index >= 15 is 0 Å². The number of aromatic nitrogens is 4. The van der Waals surface area contributed by atoms with Gasteiger partial charge in [-0.1, -0.05) is 24.3 Å². The van der Waals surface area contributed by atoms with E-state index in [4.69, 9.17) is 14.7 Å². The molecule has 0 spiro atoms. The van der Waals surface area contributed by atoms with Gasteiger partial charge in [0.1, 0.15) is 5.82 Å². The molecule has 1 aliphatic carbocycles. The molecule has 7 nitrogen and oxygen atoms in total. The molecule has 1 saturated heterocycles. The molecule has 1 N–H and O–H groups in total. The van der Waals surface area contributed by atoms with Crippen molar-refractivity contribution in [1.82, 2.24) is 19.1 Å². The first-order chi connectivity index (χ1) is 15.8. The summed E-state index contributed by atoms with van der Waals surface area (Å²) in [5.74, 6) is 2.08. The SMILES string of the molecule is O=c1n(Cc2nc(NCC3CCOCC3)c3ccccc3n2)c2ccccc2n1C1CC1. The highest BCUT2D eigenvalue weighted by Crippen LogP contribution is 2.36. The van der Waals surface area contributed by atoms with Crippen LogP contribution in [-0.4, -0.2) is 38.9 Å². The molecular formula is C25H27N5O2. The van der Waals surface area contributed by atoms with Crippen LogP contribution in [0.15, 0.2) is 53.3 Å². The lowest BCUT2D eigenvalue weighted by molar-refractivity contribution is 0.0699. The lowest BCUT2D eigenvalue weighted by Gasteiger charge is -2.22. The number of imidazole rings is 1. The molecule has 3 heterocycles. The zero-order chi connectivity index (χ0) is 21.5. The number of hydrogen-bond donors (Lipinski definition) is 1. The van der Waals surface area contributed by atoms with Gasteiger partial charge < -0.3 is 10.1 Å². The van der Waals surface area contributed by atoms with Gasteiger partial charge in [-0.25, -0.2) is 14.8 Å². The van der Waals surface area contributed by atoms with Gasteiger partial charge in [0, 0.05) is 31.2 Å². The van der Waals surface area contributed by atoms with Crippen LogP contribution in [0.25, 0.3) is 21.9 Å². The van der Waals surface area contributed by atoms with Crippen LogP contribution in [0, 0.1) is 5.92 Å². The van der Waals surface area contributed by atoms with Gasteiger partial charge in [0.15, 0.2) is 5.82 Å². The number of fused-ring (bicyclic) bond motifs is 2. The van der Waals surface area contributed by atoms with Crippen LogP contribution in [0.1, 0.15) is 37.5 Å². The largest absolute Gasteiger partial charge is 0.381 e. The molecule has 2 fully saturated rings. The van der Waals surface area contributed by atoms with E-state index in [-0.39, 0.29) is 5.69 Å². The summed E-state index contributed by atoms with van der Waals surface area (Å²) in [4.78, 5) is 23.0. The molecule has 1 saturated carbocycles. The molecule has 32 heavy (non-hydrogen) atoms. The predicted molar refractivity (Wildman–Crippen MR) is 125 cm³/mol. The average molecular weight is 430 g/mol. The molecule has 2 aromatic heterocycles. The van der Waals surface area contributed by atoms with Gasteiger partial charge >= 0.3 is 5.69 Å². The number of benzene rings is 2. The first kappa shape index (κ1) is 19.5. The van der Waals surface area contributed by atoms with Crippen molar-refractivity contribution in [3.63, 3.8) is 0 Å². The Labute approximate surface area is 186 Å².